The topological polar surface area (TPSA) is 66.4 Å². The van der Waals surface area contributed by atoms with Gasteiger partial charge in [0.2, 0.25) is 10.0 Å². The predicted molar refractivity (Wildman–Crippen MR) is 75.0 cm³/mol. The van der Waals surface area contributed by atoms with Crippen molar-refractivity contribution in [3.63, 3.8) is 0 Å². The Bertz CT molecular complexity index is 730. The average Bonchev–Trinajstić information content (AvgIpc) is 2.43. The van der Waals surface area contributed by atoms with Gasteiger partial charge in [0.25, 0.3) is 0 Å². The smallest absolute Gasteiger partial charge is 0.236 e. The van der Waals surface area contributed by atoms with Gasteiger partial charge in [-0.3, -0.25) is 4.72 Å². The van der Waals surface area contributed by atoms with Gasteiger partial charge in [0, 0.05) is 6.07 Å². The van der Waals surface area contributed by atoms with E-state index >= 15 is 0 Å². The summed E-state index contributed by atoms with van der Waals surface area (Å²) in [6, 6.07) is 9.16. The molecular formula is C14H13F2NO3S. The second-order valence-electron chi connectivity index (χ2n) is 4.46. The summed E-state index contributed by atoms with van der Waals surface area (Å²) in [5.74, 6) is -2.47. The van der Waals surface area contributed by atoms with Gasteiger partial charge in [-0.05, 0) is 23.3 Å². The third kappa shape index (κ3) is 4.24. The molecule has 0 aliphatic rings. The van der Waals surface area contributed by atoms with E-state index in [0.717, 1.165) is 18.2 Å². The second-order valence-corrected chi connectivity index (χ2v) is 6.19. The molecule has 2 N–H and O–H groups in total. The van der Waals surface area contributed by atoms with E-state index in [1.807, 2.05) is 0 Å². The lowest BCUT2D eigenvalue weighted by atomic mass is 10.2. The lowest BCUT2D eigenvalue weighted by Crippen LogP contribution is -2.15. The third-order valence-corrected chi connectivity index (χ3v) is 4.02. The van der Waals surface area contributed by atoms with Crippen molar-refractivity contribution in [2.75, 3.05) is 4.72 Å². The highest BCUT2D eigenvalue weighted by molar-refractivity contribution is 7.91. The monoisotopic (exact) mass is 313 g/mol. The summed E-state index contributed by atoms with van der Waals surface area (Å²) in [4.78, 5) is 0. The molecule has 0 saturated heterocycles. The second kappa shape index (κ2) is 6.19. The van der Waals surface area contributed by atoms with Crippen molar-refractivity contribution in [2.24, 2.45) is 0 Å². The number of benzene rings is 2. The van der Waals surface area contributed by atoms with Gasteiger partial charge in [0.05, 0.1) is 18.0 Å². The maximum Gasteiger partial charge on any atom is 0.236 e. The van der Waals surface area contributed by atoms with Gasteiger partial charge < -0.3 is 5.11 Å². The van der Waals surface area contributed by atoms with E-state index in [4.69, 9.17) is 5.11 Å². The first-order valence-electron chi connectivity index (χ1n) is 6.04. The van der Waals surface area contributed by atoms with Crippen LogP contribution in [0.2, 0.25) is 0 Å². The first-order chi connectivity index (χ1) is 9.89. The van der Waals surface area contributed by atoms with E-state index in [-0.39, 0.29) is 18.0 Å². The lowest BCUT2D eigenvalue weighted by Gasteiger charge is -2.09. The van der Waals surface area contributed by atoms with Crippen molar-refractivity contribution in [3.05, 3.63) is 65.2 Å². The molecule has 2 aromatic carbocycles. The highest BCUT2D eigenvalue weighted by atomic mass is 32.2. The van der Waals surface area contributed by atoms with Crippen molar-refractivity contribution >= 4 is 15.7 Å². The lowest BCUT2D eigenvalue weighted by molar-refractivity contribution is 0.282. The normalized spacial score (nSPS) is 11.4. The van der Waals surface area contributed by atoms with Crippen molar-refractivity contribution in [1.82, 2.24) is 0 Å². The van der Waals surface area contributed by atoms with Gasteiger partial charge in [-0.1, -0.05) is 24.3 Å². The van der Waals surface area contributed by atoms with Crippen molar-refractivity contribution in [2.45, 2.75) is 12.4 Å². The summed E-state index contributed by atoms with van der Waals surface area (Å²) >= 11 is 0. The van der Waals surface area contributed by atoms with Crippen LogP contribution in [0.15, 0.2) is 42.5 Å². The zero-order valence-corrected chi connectivity index (χ0v) is 11.7. The number of rotatable bonds is 5. The first kappa shape index (κ1) is 15.4. The van der Waals surface area contributed by atoms with Crippen molar-refractivity contribution in [1.29, 1.82) is 0 Å². The van der Waals surface area contributed by atoms with Crippen LogP contribution in [0.3, 0.4) is 0 Å². The van der Waals surface area contributed by atoms with Crippen LogP contribution >= 0.6 is 0 Å². The highest BCUT2D eigenvalue weighted by Gasteiger charge is 2.13. The summed E-state index contributed by atoms with van der Waals surface area (Å²) in [5, 5.41) is 8.91. The molecule has 0 atom stereocenters. The summed E-state index contributed by atoms with van der Waals surface area (Å²) < 4.78 is 51.9. The molecule has 0 unspecified atom stereocenters. The maximum atomic E-state index is 13.0. The summed E-state index contributed by atoms with van der Waals surface area (Å²) in [5.41, 5.74) is 1.15. The molecule has 21 heavy (non-hydrogen) atoms. The molecule has 0 aromatic heterocycles. The first-order valence-corrected chi connectivity index (χ1v) is 7.69. The molecule has 2 aromatic rings. The molecule has 0 spiro atoms. The summed E-state index contributed by atoms with van der Waals surface area (Å²) in [6.45, 7) is -0.125. The molecule has 2 rings (SSSR count). The van der Waals surface area contributed by atoms with E-state index < -0.39 is 21.7 Å². The number of hydrogen-bond acceptors (Lipinski definition) is 3. The minimum absolute atomic E-state index is 0.0409. The van der Waals surface area contributed by atoms with Crippen LogP contribution in [0.4, 0.5) is 14.5 Å². The van der Waals surface area contributed by atoms with Crippen LogP contribution in [0.25, 0.3) is 0 Å². The molecule has 0 bridgehead atoms. The number of aliphatic hydroxyl groups is 1. The number of anilines is 1. The average molecular weight is 313 g/mol. The quantitative estimate of drug-likeness (QED) is 0.891. The number of sulfonamides is 1. The van der Waals surface area contributed by atoms with Crippen LogP contribution in [0.5, 0.6) is 0 Å². The molecule has 0 aliphatic carbocycles. The van der Waals surface area contributed by atoms with Crippen molar-refractivity contribution < 1.29 is 22.3 Å². The van der Waals surface area contributed by atoms with E-state index in [9.17, 15) is 17.2 Å². The van der Waals surface area contributed by atoms with E-state index in [2.05, 4.69) is 4.72 Å². The van der Waals surface area contributed by atoms with Crippen LogP contribution in [-0.2, 0) is 22.4 Å². The Morgan fingerprint density at radius 2 is 1.57 bits per heavy atom. The minimum atomic E-state index is -3.74. The van der Waals surface area contributed by atoms with Crippen LogP contribution < -0.4 is 4.72 Å². The van der Waals surface area contributed by atoms with E-state index in [1.165, 1.54) is 0 Å². The van der Waals surface area contributed by atoms with Crippen molar-refractivity contribution in [3.8, 4) is 0 Å². The molecular weight excluding hydrogens is 300 g/mol. The SMILES string of the molecule is O=S(=O)(Cc1ccc(CO)cc1)Nc1ccc(F)c(F)c1. The number of hydrogen-bond donors (Lipinski definition) is 2. The van der Waals surface area contributed by atoms with Gasteiger partial charge in [0.15, 0.2) is 11.6 Å². The predicted octanol–water partition coefficient (Wildman–Crippen LogP) is 2.40. The van der Waals surface area contributed by atoms with Crippen LogP contribution in [0, 0.1) is 11.6 Å². The molecule has 4 nitrogen and oxygen atoms in total. The fourth-order valence-electron chi connectivity index (χ4n) is 1.74. The summed E-state index contributed by atoms with van der Waals surface area (Å²) in [7, 11) is -3.74. The zero-order chi connectivity index (χ0) is 15.5. The Hall–Kier alpha value is -1.99. The standard InChI is InChI=1S/C14H13F2NO3S/c15-13-6-5-12(7-14(13)16)17-21(19,20)9-11-3-1-10(8-18)2-4-11/h1-7,17-18H,8-9H2. The Balaban J connectivity index is 2.12. The fraction of sp³-hybridized carbons (Fsp3) is 0.143. The summed E-state index contributed by atoms with van der Waals surface area (Å²) in [6.07, 6.45) is 0. The third-order valence-electron chi connectivity index (χ3n) is 2.76. The van der Waals surface area contributed by atoms with E-state index in [1.54, 1.807) is 24.3 Å². The van der Waals surface area contributed by atoms with Gasteiger partial charge in [-0.15, -0.1) is 0 Å². The fourth-order valence-corrected chi connectivity index (χ4v) is 2.93. The molecule has 0 radical (unpaired) electrons. The van der Waals surface area contributed by atoms with Gasteiger partial charge in [0.1, 0.15) is 0 Å². The molecule has 0 heterocycles. The molecule has 0 amide bonds. The Morgan fingerprint density at radius 3 is 2.14 bits per heavy atom. The Labute approximate surface area is 121 Å². The highest BCUT2D eigenvalue weighted by Crippen LogP contribution is 2.16. The maximum absolute atomic E-state index is 13.0. The molecule has 0 saturated carbocycles. The molecule has 112 valence electrons. The number of nitrogens with one attached hydrogen (secondary N) is 1. The number of aliphatic hydroxyl groups excluding tert-OH is 1. The van der Waals surface area contributed by atoms with Gasteiger partial charge in [-0.25, -0.2) is 17.2 Å². The molecule has 0 aliphatic heterocycles. The zero-order valence-electron chi connectivity index (χ0n) is 10.9. The Kier molecular flexibility index (Phi) is 4.54. The van der Waals surface area contributed by atoms with Crippen LogP contribution in [-0.4, -0.2) is 13.5 Å². The Morgan fingerprint density at radius 1 is 0.952 bits per heavy atom. The minimum Gasteiger partial charge on any atom is -0.392 e. The van der Waals surface area contributed by atoms with Crippen LogP contribution in [0.1, 0.15) is 11.1 Å². The van der Waals surface area contributed by atoms with Gasteiger partial charge >= 0.3 is 0 Å². The van der Waals surface area contributed by atoms with Gasteiger partial charge in [-0.2, -0.15) is 0 Å². The van der Waals surface area contributed by atoms with E-state index in [0.29, 0.717) is 11.1 Å². The molecule has 7 heteroatoms. The largest absolute Gasteiger partial charge is 0.392 e. The number of halogens is 2. The molecule has 0 fully saturated rings.